The van der Waals surface area contributed by atoms with Gasteiger partial charge in [0, 0.05) is 18.6 Å². The molecule has 0 aromatic heterocycles. The highest BCUT2D eigenvalue weighted by Crippen LogP contribution is 2.31. The molecular formula is C4H8OS2. The molecule has 42 valence electrons. The van der Waals surface area contributed by atoms with Crippen LogP contribution < -0.4 is 0 Å². The molecule has 1 heterocycles. The number of methoxy groups -OCH3 is 1. The highest BCUT2D eigenvalue weighted by atomic mass is 32.2. The molecule has 0 aromatic carbocycles. The summed E-state index contributed by atoms with van der Waals surface area (Å²) < 4.78 is 5.47. The van der Waals surface area contributed by atoms with Crippen molar-refractivity contribution in [2.75, 3.05) is 18.6 Å². The molecule has 0 spiro atoms. The Morgan fingerprint density at radius 2 is 2.00 bits per heavy atom. The van der Waals surface area contributed by atoms with Crippen molar-refractivity contribution in [3.63, 3.8) is 0 Å². The number of hydrogen-bond donors (Lipinski definition) is 0. The van der Waals surface area contributed by atoms with Crippen molar-refractivity contribution in [2.45, 2.75) is 4.77 Å². The zero-order valence-electron chi connectivity index (χ0n) is 4.22. The largest absolute Gasteiger partial charge is 0.361 e. The lowest BCUT2D eigenvalue weighted by Gasteiger charge is -2.00. The summed E-state index contributed by atoms with van der Waals surface area (Å²) in [6, 6.07) is 0. The maximum absolute atomic E-state index is 5.04. The first-order valence-electron chi connectivity index (χ1n) is 2.19. The third-order valence-corrected chi connectivity index (χ3v) is 3.67. The Hall–Kier alpha value is 0.660. The normalized spacial score (nSPS) is 23.6. The maximum Gasteiger partial charge on any atom is 0.149 e. The standard InChI is InChI=1S/C4H8OS2/c1-5-4-6-2-3-7-4/h4H,2-3H2,1H3. The van der Waals surface area contributed by atoms with Gasteiger partial charge in [0.15, 0.2) is 0 Å². The summed E-state index contributed by atoms with van der Waals surface area (Å²) in [5.74, 6) is 2.51. The van der Waals surface area contributed by atoms with Crippen LogP contribution in [0.25, 0.3) is 0 Å². The van der Waals surface area contributed by atoms with Crippen LogP contribution in [0.2, 0.25) is 0 Å². The van der Waals surface area contributed by atoms with Gasteiger partial charge < -0.3 is 4.74 Å². The Kier molecular flexibility index (Phi) is 2.35. The van der Waals surface area contributed by atoms with E-state index in [-0.39, 0.29) is 0 Å². The molecule has 1 aliphatic rings. The van der Waals surface area contributed by atoms with Crippen molar-refractivity contribution in [1.29, 1.82) is 0 Å². The van der Waals surface area contributed by atoms with Crippen molar-refractivity contribution in [1.82, 2.24) is 0 Å². The minimum Gasteiger partial charge on any atom is -0.361 e. The van der Waals surface area contributed by atoms with E-state index >= 15 is 0 Å². The molecule has 0 saturated carbocycles. The van der Waals surface area contributed by atoms with Crippen molar-refractivity contribution < 1.29 is 4.74 Å². The van der Waals surface area contributed by atoms with E-state index in [4.69, 9.17) is 4.74 Å². The predicted octanol–water partition coefficient (Wildman–Crippen LogP) is 1.40. The molecule has 1 nitrogen and oxygen atoms in total. The van der Waals surface area contributed by atoms with Gasteiger partial charge in [-0.2, -0.15) is 0 Å². The van der Waals surface area contributed by atoms with Gasteiger partial charge in [-0.15, -0.1) is 23.5 Å². The molecule has 1 aliphatic heterocycles. The quantitative estimate of drug-likeness (QED) is 0.539. The molecule has 1 rings (SSSR count). The van der Waals surface area contributed by atoms with E-state index in [1.54, 1.807) is 7.11 Å². The molecule has 0 radical (unpaired) electrons. The van der Waals surface area contributed by atoms with E-state index in [1.165, 1.54) is 11.5 Å². The molecule has 0 amide bonds. The lowest BCUT2D eigenvalue weighted by molar-refractivity contribution is 0.236. The van der Waals surface area contributed by atoms with Gasteiger partial charge in [0.1, 0.15) is 4.77 Å². The molecule has 7 heavy (non-hydrogen) atoms. The van der Waals surface area contributed by atoms with Crippen molar-refractivity contribution >= 4 is 23.5 Å². The van der Waals surface area contributed by atoms with Crippen LogP contribution in [-0.4, -0.2) is 23.4 Å². The molecule has 0 aromatic rings. The smallest absolute Gasteiger partial charge is 0.149 e. The fourth-order valence-electron chi connectivity index (χ4n) is 0.473. The lowest BCUT2D eigenvalue weighted by Crippen LogP contribution is -1.91. The van der Waals surface area contributed by atoms with Crippen LogP contribution in [0.1, 0.15) is 0 Å². The molecule has 0 bridgehead atoms. The highest BCUT2D eigenvalue weighted by Gasteiger charge is 2.13. The first-order valence-corrected chi connectivity index (χ1v) is 4.29. The van der Waals surface area contributed by atoms with E-state index in [2.05, 4.69) is 0 Å². The summed E-state index contributed by atoms with van der Waals surface area (Å²) in [6.07, 6.45) is 0. The lowest BCUT2D eigenvalue weighted by atomic mass is 11.0. The van der Waals surface area contributed by atoms with Crippen molar-refractivity contribution in [3.8, 4) is 0 Å². The SMILES string of the molecule is COC1SCCS1. The molecule has 0 N–H and O–H groups in total. The van der Waals surface area contributed by atoms with Gasteiger partial charge >= 0.3 is 0 Å². The molecule has 0 aliphatic carbocycles. The topological polar surface area (TPSA) is 9.23 Å². The molecule has 0 atom stereocenters. The second kappa shape index (κ2) is 2.84. The monoisotopic (exact) mass is 136 g/mol. The Balaban J connectivity index is 2.14. The second-order valence-electron chi connectivity index (χ2n) is 1.27. The zero-order valence-corrected chi connectivity index (χ0v) is 5.85. The molecule has 1 fully saturated rings. The second-order valence-corrected chi connectivity index (χ2v) is 3.90. The van der Waals surface area contributed by atoms with Crippen LogP contribution in [0, 0.1) is 0 Å². The number of rotatable bonds is 1. The first kappa shape index (κ1) is 5.79. The van der Waals surface area contributed by atoms with E-state index in [9.17, 15) is 0 Å². The van der Waals surface area contributed by atoms with Gasteiger partial charge in [0.05, 0.1) is 0 Å². The van der Waals surface area contributed by atoms with Gasteiger partial charge in [-0.25, -0.2) is 0 Å². The Morgan fingerprint density at radius 3 is 2.29 bits per heavy atom. The van der Waals surface area contributed by atoms with Crippen LogP contribution in [0.5, 0.6) is 0 Å². The minimum absolute atomic E-state index is 0.431. The summed E-state index contributed by atoms with van der Waals surface area (Å²) in [6.45, 7) is 0. The fourth-order valence-corrected chi connectivity index (χ4v) is 2.86. The third kappa shape index (κ3) is 1.55. The van der Waals surface area contributed by atoms with Gasteiger partial charge in [-0.05, 0) is 0 Å². The maximum atomic E-state index is 5.04. The molecule has 0 unspecified atom stereocenters. The predicted molar refractivity (Wildman–Crippen MR) is 35.7 cm³/mol. The van der Waals surface area contributed by atoms with Crippen LogP contribution >= 0.6 is 23.5 Å². The van der Waals surface area contributed by atoms with Crippen molar-refractivity contribution in [2.24, 2.45) is 0 Å². The van der Waals surface area contributed by atoms with Gasteiger partial charge in [-0.3, -0.25) is 0 Å². The average molecular weight is 136 g/mol. The number of hydrogen-bond acceptors (Lipinski definition) is 3. The van der Waals surface area contributed by atoms with Crippen molar-refractivity contribution in [3.05, 3.63) is 0 Å². The summed E-state index contributed by atoms with van der Waals surface area (Å²) >= 11 is 3.77. The summed E-state index contributed by atoms with van der Waals surface area (Å²) in [7, 11) is 1.76. The van der Waals surface area contributed by atoms with Crippen LogP contribution in [0.4, 0.5) is 0 Å². The summed E-state index contributed by atoms with van der Waals surface area (Å²) in [4.78, 5) is 0. The molecule has 3 heteroatoms. The van der Waals surface area contributed by atoms with E-state index in [1.807, 2.05) is 23.5 Å². The van der Waals surface area contributed by atoms with Gasteiger partial charge in [0.2, 0.25) is 0 Å². The zero-order chi connectivity index (χ0) is 5.11. The third-order valence-electron chi connectivity index (χ3n) is 0.784. The fraction of sp³-hybridized carbons (Fsp3) is 1.00. The Morgan fingerprint density at radius 1 is 1.43 bits per heavy atom. The number of thioether (sulfide) groups is 2. The number of ether oxygens (including phenoxy) is 1. The summed E-state index contributed by atoms with van der Waals surface area (Å²) in [5, 5.41) is 0. The van der Waals surface area contributed by atoms with E-state index in [0.29, 0.717) is 4.77 Å². The van der Waals surface area contributed by atoms with Crippen LogP contribution in [0.15, 0.2) is 0 Å². The van der Waals surface area contributed by atoms with E-state index < -0.39 is 0 Å². The van der Waals surface area contributed by atoms with Crippen LogP contribution in [-0.2, 0) is 4.74 Å². The van der Waals surface area contributed by atoms with Gasteiger partial charge in [0.25, 0.3) is 0 Å². The van der Waals surface area contributed by atoms with Gasteiger partial charge in [-0.1, -0.05) is 0 Å². The van der Waals surface area contributed by atoms with Crippen LogP contribution in [0.3, 0.4) is 0 Å². The average Bonchev–Trinajstić information content (AvgIpc) is 2.14. The summed E-state index contributed by atoms with van der Waals surface area (Å²) in [5.41, 5.74) is 0. The highest BCUT2D eigenvalue weighted by molar-refractivity contribution is 8.19. The Labute approximate surface area is 52.2 Å². The first-order chi connectivity index (χ1) is 3.43. The Bertz CT molecular complexity index is 51.7. The van der Waals surface area contributed by atoms with E-state index in [0.717, 1.165) is 0 Å². The minimum atomic E-state index is 0.431. The molecular weight excluding hydrogens is 128 g/mol. The molecule has 1 saturated heterocycles.